The number of aromatic amines is 1. The third kappa shape index (κ3) is 2.12. The lowest BCUT2D eigenvalue weighted by molar-refractivity contribution is 0.0692. The van der Waals surface area contributed by atoms with E-state index in [1.165, 1.54) is 6.07 Å². The monoisotopic (exact) mass is 325 g/mol. The van der Waals surface area contributed by atoms with Crippen molar-refractivity contribution in [1.29, 1.82) is 0 Å². The van der Waals surface area contributed by atoms with Gasteiger partial charge in [0.2, 0.25) is 0 Å². The van der Waals surface area contributed by atoms with Gasteiger partial charge in [-0.2, -0.15) is 0 Å². The number of hydrogen-bond donors (Lipinski definition) is 2. The van der Waals surface area contributed by atoms with Crippen LogP contribution in [0.15, 0.2) is 42.5 Å². The standard InChI is InChI=1S/C19H13F2NO2/c20-11-6-8-13(15(21)9-11)16-14-7-5-10-3-1-2-4-12(10)17(14)22-18(16)19(23)24/h1-4,6,8-9,22H,5,7H2,(H,23,24). The molecule has 1 aliphatic rings. The highest BCUT2D eigenvalue weighted by molar-refractivity contribution is 5.99. The van der Waals surface area contributed by atoms with Crippen LogP contribution in [0.2, 0.25) is 0 Å². The predicted molar refractivity (Wildman–Crippen MR) is 85.9 cm³/mol. The SMILES string of the molecule is O=C(O)c1[nH]c2c(c1-c1ccc(F)cc1F)CCc1ccccc1-2. The van der Waals surface area contributed by atoms with Crippen LogP contribution in [0.4, 0.5) is 8.78 Å². The van der Waals surface area contributed by atoms with Crippen LogP contribution >= 0.6 is 0 Å². The largest absolute Gasteiger partial charge is 0.477 e. The van der Waals surface area contributed by atoms with Gasteiger partial charge in [-0.25, -0.2) is 13.6 Å². The molecule has 0 unspecified atom stereocenters. The van der Waals surface area contributed by atoms with Crippen molar-refractivity contribution in [3.63, 3.8) is 0 Å². The lowest BCUT2D eigenvalue weighted by Crippen LogP contribution is -2.04. The van der Waals surface area contributed by atoms with Crippen LogP contribution in [-0.4, -0.2) is 16.1 Å². The number of H-pyrrole nitrogens is 1. The molecule has 0 saturated carbocycles. The van der Waals surface area contributed by atoms with Gasteiger partial charge in [0.05, 0.1) is 5.69 Å². The molecule has 0 atom stereocenters. The summed E-state index contributed by atoms with van der Waals surface area (Å²) in [4.78, 5) is 14.6. The maximum absolute atomic E-state index is 14.3. The number of carboxylic acids is 1. The Hall–Kier alpha value is -2.95. The molecule has 0 saturated heterocycles. The molecule has 1 aromatic heterocycles. The van der Waals surface area contributed by atoms with Crippen molar-refractivity contribution in [1.82, 2.24) is 4.98 Å². The van der Waals surface area contributed by atoms with Crippen LogP contribution in [0, 0.1) is 11.6 Å². The second kappa shape index (κ2) is 5.30. The third-order valence-corrected chi connectivity index (χ3v) is 4.45. The Morgan fingerprint density at radius 2 is 1.83 bits per heavy atom. The van der Waals surface area contributed by atoms with Gasteiger partial charge in [-0.3, -0.25) is 0 Å². The van der Waals surface area contributed by atoms with Gasteiger partial charge in [-0.15, -0.1) is 0 Å². The minimum Gasteiger partial charge on any atom is -0.477 e. The molecule has 120 valence electrons. The first-order valence-electron chi connectivity index (χ1n) is 7.58. The van der Waals surface area contributed by atoms with Gasteiger partial charge < -0.3 is 10.1 Å². The van der Waals surface area contributed by atoms with Crippen LogP contribution in [0.5, 0.6) is 0 Å². The van der Waals surface area contributed by atoms with Crippen molar-refractivity contribution in [2.24, 2.45) is 0 Å². The average Bonchev–Trinajstić information content (AvgIpc) is 2.95. The molecule has 0 fully saturated rings. The number of aromatic nitrogens is 1. The zero-order valence-corrected chi connectivity index (χ0v) is 12.6. The molecule has 0 aliphatic heterocycles. The van der Waals surface area contributed by atoms with E-state index >= 15 is 0 Å². The third-order valence-electron chi connectivity index (χ3n) is 4.45. The summed E-state index contributed by atoms with van der Waals surface area (Å²) in [7, 11) is 0. The van der Waals surface area contributed by atoms with E-state index in [-0.39, 0.29) is 11.3 Å². The molecule has 1 heterocycles. The molecule has 1 aliphatic carbocycles. The summed E-state index contributed by atoms with van der Waals surface area (Å²) in [6.07, 6.45) is 1.35. The topological polar surface area (TPSA) is 53.1 Å². The number of carboxylic acid groups (broad SMARTS) is 1. The van der Waals surface area contributed by atoms with Crippen LogP contribution < -0.4 is 0 Å². The molecule has 0 bridgehead atoms. The number of benzene rings is 2. The number of hydrogen-bond acceptors (Lipinski definition) is 1. The van der Waals surface area contributed by atoms with E-state index in [2.05, 4.69) is 4.98 Å². The van der Waals surface area contributed by atoms with Crippen molar-refractivity contribution in [2.75, 3.05) is 0 Å². The molecule has 0 amide bonds. The van der Waals surface area contributed by atoms with Gasteiger partial charge in [-0.1, -0.05) is 24.3 Å². The number of fused-ring (bicyclic) bond motifs is 3. The number of aryl methyl sites for hydroxylation is 1. The van der Waals surface area contributed by atoms with Gasteiger partial charge in [0.25, 0.3) is 0 Å². The second-order valence-corrected chi connectivity index (χ2v) is 5.82. The highest BCUT2D eigenvalue weighted by Gasteiger charge is 2.28. The first-order chi connectivity index (χ1) is 11.6. The minimum absolute atomic E-state index is 0.0674. The van der Waals surface area contributed by atoms with Crippen LogP contribution in [-0.2, 0) is 12.8 Å². The lowest BCUT2D eigenvalue weighted by Gasteiger charge is -2.17. The minimum atomic E-state index is -1.17. The number of halogens is 2. The lowest BCUT2D eigenvalue weighted by atomic mass is 9.86. The molecular formula is C19H13F2NO2. The maximum atomic E-state index is 14.3. The molecule has 0 spiro atoms. The summed E-state index contributed by atoms with van der Waals surface area (Å²) in [5, 5.41) is 9.54. The van der Waals surface area contributed by atoms with E-state index in [4.69, 9.17) is 0 Å². The van der Waals surface area contributed by atoms with Crippen molar-refractivity contribution < 1.29 is 18.7 Å². The summed E-state index contributed by atoms with van der Waals surface area (Å²) in [5.41, 5.74) is 3.85. The molecule has 3 nitrogen and oxygen atoms in total. The van der Waals surface area contributed by atoms with Gasteiger partial charge in [-0.05, 0) is 36.1 Å². The van der Waals surface area contributed by atoms with E-state index in [1.54, 1.807) is 0 Å². The Labute approximate surface area is 136 Å². The van der Waals surface area contributed by atoms with Gasteiger partial charge in [0.15, 0.2) is 0 Å². The number of aromatic carboxylic acids is 1. The molecule has 2 N–H and O–H groups in total. The smallest absolute Gasteiger partial charge is 0.352 e. The number of nitrogens with one attached hydrogen (secondary N) is 1. The quantitative estimate of drug-likeness (QED) is 0.732. The highest BCUT2D eigenvalue weighted by Crippen LogP contribution is 2.41. The molecular weight excluding hydrogens is 312 g/mol. The maximum Gasteiger partial charge on any atom is 0.352 e. The summed E-state index contributed by atoms with van der Waals surface area (Å²) in [6.45, 7) is 0. The zero-order chi connectivity index (χ0) is 16.8. The van der Waals surface area contributed by atoms with Crippen molar-refractivity contribution >= 4 is 5.97 Å². The highest BCUT2D eigenvalue weighted by atomic mass is 19.1. The van der Waals surface area contributed by atoms with E-state index in [0.29, 0.717) is 17.7 Å². The summed E-state index contributed by atoms with van der Waals surface area (Å²) < 4.78 is 27.5. The molecule has 3 aromatic rings. The van der Waals surface area contributed by atoms with Crippen molar-refractivity contribution in [2.45, 2.75) is 12.8 Å². The summed E-state index contributed by atoms with van der Waals surface area (Å²) in [5.74, 6) is -2.62. The van der Waals surface area contributed by atoms with E-state index in [0.717, 1.165) is 35.2 Å². The van der Waals surface area contributed by atoms with Crippen molar-refractivity contribution in [3.8, 4) is 22.4 Å². The summed E-state index contributed by atoms with van der Waals surface area (Å²) in [6, 6.07) is 10.9. The van der Waals surface area contributed by atoms with Gasteiger partial charge >= 0.3 is 5.97 Å². The molecule has 4 rings (SSSR count). The second-order valence-electron chi connectivity index (χ2n) is 5.82. The fraction of sp³-hybridized carbons (Fsp3) is 0.105. The van der Waals surface area contributed by atoms with Crippen LogP contribution in [0.3, 0.4) is 0 Å². The van der Waals surface area contributed by atoms with E-state index < -0.39 is 17.6 Å². The van der Waals surface area contributed by atoms with Crippen LogP contribution in [0.25, 0.3) is 22.4 Å². The first kappa shape index (κ1) is 14.6. The average molecular weight is 325 g/mol. The molecule has 2 aromatic carbocycles. The first-order valence-corrected chi connectivity index (χ1v) is 7.58. The fourth-order valence-corrected chi connectivity index (χ4v) is 3.41. The van der Waals surface area contributed by atoms with Crippen molar-refractivity contribution in [3.05, 3.63) is 70.9 Å². The van der Waals surface area contributed by atoms with Gasteiger partial charge in [0.1, 0.15) is 17.3 Å². The van der Waals surface area contributed by atoms with Crippen LogP contribution in [0.1, 0.15) is 21.6 Å². The normalized spacial score (nSPS) is 12.6. The number of rotatable bonds is 2. The summed E-state index contributed by atoms with van der Waals surface area (Å²) >= 11 is 0. The molecule has 5 heteroatoms. The Bertz CT molecular complexity index is 975. The Balaban J connectivity index is 2.02. The Morgan fingerprint density at radius 3 is 2.58 bits per heavy atom. The zero-order valence-electron chi connectivity index (χ0n) is 12.6. The Kier molecular flexibility index (Phi) is 3.23. The Morgan fingerprint density at radius 1 is 1.04 bits per heavy atom. The number of carbonyl (C=O) groups is 1. The predicted octanol–water partition coefficient (Wildman–Crippen LogP) is 4.42. The fourth-order valence-electron chi connectivity index (χ4n) is 3.41. The van der Waals surface area contributed by atoms with Gasteiger partial charge in [0, 0.05) is 22.8 Å². The molecule has 24 heavy (non-hydrogen) atoms. The molecule has 0 radical (unpaired) electrons. The van der Waals surface area contributed by atoms with E-state index in [9.17, 15) is 18.7 Å². The van der Waals surface area contributed by atoms with E-state index in [1.807, 2.05) is 24.3 Å².